The first-order valence-corrected chi connectivity index (χ1v) is 13.0. The van der Waals surface area contributed by atoms with Gasteiger partial charge in [-0.25, -0.2) is 8.42 Å². The number of hydrogen-bond acceptors (Lipinski definition) is 6. The maximum absolute atomic E-state index is 11.8. The summed E-state index contributed by atoms with van der Waals surface area (Å²) in [4.78, 5) is 9.40. The summed E-state index contributed by atoms with van der Waals surface area (Å²) in [6.07, 6.45) is 6.94. The van der Waals surface area contributed by atoms with Crippen molar-refractivity contribution in [2.45, 2.75) is 51.7 Å². The highest BCUT2D eigenvalue weighted by molar-refractivity contribution is 7.91. The van der Waals surface area contributed by atoms with Crippen LogP contribution in [0.3, 0.4) is 0 Å². The molecule has 0 amide bonds. The highest BCUT2D eigenvalue weighted by atomic mass is 32.2. The van der Waals surface area contributed by atoms with E-state index >= 15 is 0 Å². The first kappa shape index (κ1) is 20.2. The first-order valence-electron chi connectivity index (χ1n) is 11.2. The zero-order valence-corrected chi connectivity index (χ0v) is 18.5. The third-order valence-electron chi connectivity index (χ3n) is 7.09. The molecule has 6 nitrogen and oxygen atoms in total. The summed E-state index contributed by atoms with van der Waals surface area (Å²) in [6, 6.07) is 6.96. The van der Waals surface area contributed by atoms with E-state index in [1.54, 1.807) is 0 Å². The van der Waals surface area contributed by atoms with Gasteiger partial charge in [-0.3, -0.25) is 14.8 Å². The van der Waals surface area contributed by atoms with E-state index in [9.17, 15) is 8.42 Å². The summed E-state index contributed by atoms with van der Waals surface area (Å²) in [6.45, 7) is 5.86. The van der Waals surface area contributed by atoms with Gasteiger partial charge in [-0.15, -0.1) is 0 Å². The molecule has 0 unspecified atom stereocenters. The number of ether oxygens (including phenoxy) is 1. The van der Waals surface area contributed by atoms with Crippen LogP contribution in [0, 0.1) is 5.92 Å². The van der Waals surface area contributed by atoms with Crippen molar-refractivity contribution >= 4 is 20.7 Å². The Hall–Kier alpha value is -1.70. The van der Waals surface area contributed by atoms with Gasteiger partial charge >= 0.3 is 0 Å². The molecule has 0 bridgehead atoms. The van der Waals surface area contributed by atoms with Gasteiger partial charge in [0, 0.05) is 49.4 Å². The van der Waals surface area contributed by atoms with Gasteiger partial charge in [-0.2, -0.15) is 0 Å². The van der Waals surface area contributed by atoms with E-state index in [4.69, 9.17) is 4.74 Å². The lowest BCUT2D eigenvalue weighted by Crippen LogP contribution is -2.42. The normalized spacial score (nSPS) is 27.5. The molecule has 0 radical (unpaired) electrons. The minimum Gasteiger partial charge on any atom is -0.475 e. The predicted octanol–water partition coefficient (Wildman–Crippen LogP) is 3.20. The molecular weight excluding hydrogens is 398 g/mol. The Bertz CT molecular complexity index is 1020. The molecule has 1 saturated heterocycles. The van der Waals surface area contributed by atoms with Crippen LogP contribution < -0.4 is 4.74 Å². The van der Waals surface area contributed by atoms with Crippen molar-refractivity contribution in [2.75, 3.05) is 31.3 Å². The molecule has 162 valence electrons. The largest absolute Gasteiger partial charge is 0.475 e. The lowest BCUT2D eigenvalue weighted by molar-refractivity contribution is 0.0355. The zero-order chi connectivity index (χ0) is 20.7. The Morgan fingerprint density at radius 2 is 1.93 bits per heavy atom. The van der Waals surface area contributed by atoms with Crippen molar-refractivity contribution in [3.63, 3.8) is 0 Å². The fraction of sp³-hybridized carbons (Fsp3) is 0.609. The van der Waals surface area contributed by atoms with Gasteiger partial charge in [0.2, 0.25) is 0 Å². The molecule has 0 spiro atoms. The van der Waals surface area contributed by atoms with Crippen LogP contribution in [0.1, 0.15) is 43.7 Å². The van der Waals surface area contributed by atoms with Gasteiger partial charge in [-0.1, -0.05) is 13.0 Å². The fourth-order valence-corrected chi connectivity index (χ4v) is 6.44. The summed E-state index contributed by atoms with van der Waals surface area (Å²) < 4.78 is 29.9. The molecule has 7 heteroatoms. The first-order chi connectivity index (χ1) is 14.5. The summed E-state index contributed by atoms with van der Waals surface area (Å²) in [5.41, 5.74) is 3.37. The van der Waals surface area contributed by atoms with Crippen LogP contribution >= 0.6 is 0 Å². The number of benzene rings is 1. The highest BCUT2D eigenvalue weighted by Gasteiger charge is 2.30. The number of fused-ring (bicyclic) bond motifs is 3. The maximum Gasteiger partial charge on any atom is 0.152 e. The van der Waals surface area contributed by atoms with E-state index in [0.29, 0.717) is 25.9 Å². The lowest BCUT2D eigenvalue weighted by Gasteiger charge is -2.39. The van der Waals surface area contributed by atoms with E-state index < -0.39 is 9.84 Å². The number of sulfone groups is 1. The molecule has 1 aromatic heterocycles. The highest BCUT2D eigenvalue weighted by Crippen LogP contribution is 2.37. The molecule has 0 atom stereocenters. The topological polar surface area (TPSA) is 62.7 Å². The van der Waals surface area contributed by atoms with Crippen LogP contribution in [0.2, 0.25) is 0 Å². The van der Waals surface area contributed by atoms with Crippen LogP contribution in [0.5, 0.6) is 5.75 Å². The molecule has 0 N–H and O–H groups in total. The van der Waals surface area contributed by atoms with Crippen molar-refractivity contribution in [3.8, 4) is 5.75 Å². The molecule has 2 aromatic rings. The van der Waals surface area contributed by atoms with E-state index in [1.165, 1.54) is 36.8 Å². The van der Waals surface area contributed by atoms with E-state index in [0.717, 1.165) is 35.7 Å². The lowest BCUT2D eigenvalue weighted by atomic mass is 9.86. The molecule has 2 aliphatic heterocycles. The SMILES string of the molecule is CC1CCC(N2COc3c(cc(CN4CCS(=O)(=O)CC4)c4cccnc34)C2)CC1. The molecular formula is C23H31N3O3S. The molecule has 3 aliphatic rings. The third kappa shape index (κ3) is 4.07. The number of pyridine rings is 1. The number of rotatable bonds is 3. The second-order valence-electron chi connectivity index (χ2n) is 9.29. The monoisotopic (exact) mass is 429 g/mol. The number of aromatic nitrogens is 1. The molecule has 2 fully saturated rings. The van der Waals surface area contributed by atoms with Crippen LogP contribution in [0.25, 0.3) is 10.9 Å². The predicted molar refractivity (Wildman–Crippen MR) is 118 cm³/mol. The van der Waals surface area contributed by atoms with Crippen molar-refractivity contribution in [1.82, 2.24) is 14.8 Å². The summed E-state index contributed by atoms with van der Waals surface area (Å²) >= 11 is 0. The van der Waals surface area contributed by atoms with Gasteiger partial charge in [-0.05, 0) is 49.3 Å². The standard InChI is InChI=1S/C23H31N3O3S/c1-17-4-6-20(7-5-17)26-15-19-13-18(14-25-9-11-30(27,28)12-10-25)21-3-2-8-24-22(21)23(19)29-16-26/h2-3,8,13,17,20H,4-7,9-12,14-16H2,1H3. The van der Waals surface area contributed by atoms with Crippen LogP contribution in [-0.4, -0.2) is 60.6 Å². The van der Waals surface area contributed by atoms with Crippen molar-refractivity contribution in [3.05, 3.63) is 35.5 Å². The number of hydrogen-bond donors (Lipinski definition) is 0. The quantitative estimate of drug-likeness (QED) is 0.747. The van der Waals surface area contributed by atoms with E-state index in [-0.39, 0.29) is 11.5 Å². The van der Waals surface area contributed by atoms with Crippen LogP contribution in [0.15, 0.2) is 24.4 Å². The average Bonchev–Trinajstić information content (AvgIpc) is 2.75. The fourth-order valence-electron chi connectivity index (χ4n) is 5.16. The Labute approximate surface area is 179 Å². The molecule has 30 heavy (non-hydrogen) atoms. The third-order valence-corrected chi connectivity index (χ3v) is 8.70. The second kappa shape index (κ2) is 8.09. The maximum atomic E-state index is 11.8. The van der Waals surface area contributed by atoms with Crippen molar-refractivity contribution in [1.29, 1.82) is 0 Å². The van der Waals surface area contributed by atoms with Gasteiger partial charge < -0.3 is 4.74 Å². The van der Waals surface area contributed by atoms with Gasteiger partial charge in [0.1, 0.15) is 12.2 Å². The van der Waals surface area contributed by atoms with Crippen molar-refractivity contribution < 1.29 is 13.2 Å². The Morgan fingerprint density at radius 3 is 2.70 bits per heavy atom. The van der Waals surface area contributed by atoms with Crippen LogP contribution in [-0.2, 0) is 22.9 Å². The molecule has 1 saturated carbocycles. The second-order valence-corrected chi connectivity index (χ2v) is 11.6. The summed E-state index contributed by atoms with van der Waals surface area (Å²) in [5, 5.41) is 1.12. The Kier molecular flexibility index (Phi) is 5.45. The molecule has 3 heterocycles. The Morgan fingerprint density at radius 1 is 1.17 bits per heavy atom. The van der Waals surface area contributed by atoms with Gasteiger partial charge in [0.05, 0.1) is 11.5 Å². The van der Waals surface area contributed by atoms with Crippen LogP contribution in [0.4, 0.5) is 0 Å². The zero-order valence-electron chi connectivity index (χ0n) is 17.7. The van der Waals surface area contributed by atoms with Gasteiger partial charge in [0.15, 0.2) is 15.6 Å². The van der Waals surface area contributed by atoms with E-state index in [2.05, 4.69) is 33.8 Å². The molecule has 1 aliphatic carbocycles. The average molecular weight is 430 g/mol. The minimum atomic E-state index is -2.87. The number of nitrogens with zero attached hydrogens (tertiary/aromatic N) is 3. The van der Waals surface area contributed by atoms with Gasteiger partial charge in [0.25, 0.3) is 0 Å². The summed E-state index contributed by atoms with van der Waals surface area (Å²) in [7, 11) is -2.87. The smallest absolute Gasteiger partial charge is 0.152 e. The molecule has 5 rings (SSSR count). The molecule has 1 aromatic carbocycles. The van der Waals surface area contributed by atoms with E-state index in [1.807, 2.05) is 12.3 Å². The Balaban J connectivity index is 1.42. The summed E-state index contributed by atoms with van der Waals surface area (Å²) in [5.74, 6) is 2.28. The van der Waals surface area contributed by atoms with Crippen molar-refractivity contribution in [2.24, 2.45) is 5.92 Å². The minimum absolute atomic E-state index is 0.255.